The van der Waals surface area contributed by atoms with E-state index in [2.05, 4.69) is 24.7 Å². The number of hydrazine groups is 1. The van der Waals surface area contributed by atoms with Crippen molar-refractivity contribution in [1.82, 2.24) is 10.9 Å². The second-order valence-corrected chi connectivity index (χ2v) is 6.74. The number of rotatable bonds is 8. The third-order valence-electron chi connectivity index (χ3n) is 4.52. The number of hydrogen-bond acceptors (Lipinski definition) is 4. The van der Waals surface area contributed by atoms with Gasteiger partial charge in [0.1, 0.15) is 11.5 Å². The normalized spacial score (nSPS) is 11.4. The fraction of sp³-hybridized carbons (Fsp3) is 0.364. The largest absolute Gasteiger partial charge is 0.483 e. The van der Waals surface area contributed by atoms with Gasteiger partial charge in [0.05, 0.1) is 0 Å². The van der Waals surface area contributed by atoms with Gasteiger partial charge in [0.25, 0.3) is 11.8 Å². The number of amides is 2. The van der Waals surface area contributed by atoms with E-state index in [1.807, 2.05) is 56.3 Å². The van der Waals surface area contributed by atoms with Crippen LogP contribution in [0.1, 0.15) is 42.9 Å². The van der Waals surface area contributed by atoms with E-state index in [4.69, 9.17) is 9.47 Å². The van der Waals surface area contributed by atoms with E-state index in [1.54, 1.807) is 0 Å². The Morgan fingerprint density at radius 3 is 2.07 bits per heavy atom. The Labute approximate surface area is 166 Å². The second kappa shape index (κ2) is 10.3. The van der Waals surface area contributed by atoms with Gasteiger partial charge in [-0.3, -0.25) is 20.4 Å². The molecule has 0 aliphatic heterocycles. The van der Waals surface area contributed by atoms with Crippen LogP contribution in [0, 0.1) is 13.8 Å². The van der Waals surface area contributed by atoms with Crippen LogP contribution in [0.5, 0.6) is 11.5 Å². The van der Waals surface area contributed by atoms with E-state index in [0.29, 0.717) is 17.4 Å². The molecule has 2 amide bonds. The highest BCUT2D eigenvalue weighted by Gasteiger charge is 2.12. The summed E-state index contributed by atoms with van der Waals surface area (Å²) in [6.07, 6.45) is 0.975. The van der Waals surface area contributed by atoms with Crippen LogP contribution in [-0.4, -0.2) is 25.0 Å². The number of benzene rings is 2. The van der Waals surface area contributed by atoms with Crippen molar-refractivity contribution in [1.29, 1.82) is 0 Å². The zero-order valence-electron chi connectivity index (χ0n) is 16.9. The van der Waals surface area contributed by atoms with Crippen LogP contribution in [0.15, 0.2) is 42.5 Å². The zero-order chi connectivity index (χ0) is 20.5. The molecule has 0 saturated carbocycles. The SMILES string of the molecule is CCC(C)c1ccccc1OCC(=O)NNC(=O)COc1c(C)cccc1C. The Balaban J connectivity index is 1.78. The highest BCUT2D eigenvalue weighted by Crippen LogP contribution is 2.28. The predicted molar refractivity (Wildman–Crippen MR) is 108 cm³/mol. The Morgan fingerprint density at radius 2 is 1.46 bits per heavy atom. The van der Waals surface area contributed by atoms with Crippen molar-refractivity contribution in [2.45, 2.75) is 40.0 Å². The molecule has 0 aliphatic rings. The van der Waals surface area contributed by atoms with Crippen molar-refractivity contribution >= 4 is 11.8 Å². The summed E-state index contributed by atoms with van der Waals surface area (Å²) in [4.78, 5) is 23.9. The molecule has 1 unspecified atom stereocenters. The lowest BCUT2D eigenvalue weighted by Crippen LogP contribution is -2.45. The molecule has 1 atom stereocenters. The predicted octanol–water partition coefficient (Wildman–Crippen LogP) is 3.42. The van der Waals surface area contributed by atoms with Crippen LogP contribution >= 0.6 is 0 Å². The molecule has 0 spiro atoms. The number of para-hydroxylation sites is 2. The number of aryl methyl sites for hydroxylation is 2. The van der Waals surface area contributed by atoms with E-state index in [-0.39, 0.29) is 13.2 Å². The summed E-state index contributed by atoms with van der Waals surface area (Å²) >= 11 is 0. The minimum absolute atomic E-state index is 0.189. The van der Waals surface area contributed by atoms with E-state index < -0.39 is 11.8 Å². The highest BCUT2D eigenvalue weighted by molar-refractivity contribution is 5.83. The monoisotopic (exact) mass is 384 g/mol. The van der Waals surface area contributed by atoms with Crippen LogP contribution in [0.25, 0.3) is 0 Å². The molecule has 0 fully saturated rings. The number of ether oxygens (including phenoxy) is 2. The van der Waals surface area contributed by atoms with E-state index in [1.165, 1.54) is 0 Å². The van der Waals surface area contributed by atoms with Crippen LogP contribution < -0.4 is 20.3 Å². The Morgan fingerprint density at radius 1 is 0.893 bits per heavy atom. The number of hydrogen-bond donors (Lipinski definition) is 2. The molecule has 0 bridgehead atoms. The van der Waals surface area contributed by atoms with Gasteiger partial charge in [-0.25, -0.2) is 0 Å². The highest BCUT2D eigenvalue weighted by atomic mass is 16.5. The minimum atomic E-state index is -0.448. The van der Waals surface area contributed by atoms with Crippen LogP contribution in [0.2, 0.25) is 0 Å². The molecule has 28 heavy (non-hydrogen) atoms. The first-order valence-corrected chi connectivity index (χ1v) is 9.40. The minimum Gasteiger partial charge on any atom is -0.483 e. The van der Waals surface area contributed by atoms with Gasteiger partial charge in [-0.15, -0.1) is 0 Å². The molecule has 6 nitrogen and oxygen atoms in total. The van der Waals surface area contributed by atoms with Gasteiger partial charge in [0.2, 0.25) is 0 Å². The fourth-order valence-corrected chi connectivity index (χ4v) is 2.76. The summed E-state index contributed by atoms with van der Waals surface area (Å²) in [5.41, 5.74) is 7.63. The third-order valence-corrected chi connectivity index (χ3v) is 4.52. The Hall–Kier alpha value is -3.02. The summed E-state index contributed by atoms with van der Waals surface area (Å²) < 4.78 is 11.2. The summed E-state index contributed by atoms with van der Waals surface area (Å²) in [7, 11) is 0. The molecule has 2 aromatic carbocycles. The fourth-order valence-electron chi connectivity index (χ4n) is 2.76. The molecule has 6 heteroatoms. The zero-order valence-corrected chi connectivity index (χ0v) is 16.9. The maximum Gasteiger partial charge on any atom is 0.276 e. The maximum atomic E-state index is 12.0. The molecule has 2 N–H and O–H groups in total. The summed E-state index contributed by atoms with van der Waals surface area (Å²) in [5, 5.41) is 0. The van der Waals surface area contributed by atoms with Crippen LogP contribution in [0.3, 0.4) is 0 Å². The molecule has 2 rings (SSSR count). The summed E-state index contributed by atoms with van der Waals surface area (Å²) in [6.45, 7) is 7.66. The molecule has 0 aromatic heterocycles. The lowest BCUT2D eigenvalue weighted by molar-refractivity contribution is -0.131. The molecule has 150 valence electrons. The molecule has 0 saturated heterocycles. The van der Waals surface area contributed by atoms with Crippen molar-refractivity contribution in [3.05, 3.63) is 59.2 Å². The van der Waals surface area contributed by atoms with Crippen molar-refractivity contribution < 1.29 is 19.1 Å². The second-order valence-electron chi connectivity index (χ2n) is 6.74. The third kappa shape index (κ3) is 6.01. The topological polar surface area (TPSA) is 76.7 Å². The molecular weight excluding hydrogens is 356 g/mol. The molecule has 0 radical (unpaired) electrons. The molecule has 2 aromatic rings. The van der Waals surface area contributed by atoms with Crippen molar-refractivity contribution in [3.63, 3.8) is 0 Å². The van der Waals surface area contributed by atoms with Crippen LogP contribution in [0.4, 0.5) is 0 Å². The number of nitrogens with one attached hydrogen (secondary N) is 2. The first-order chi connectivity index (χ1) is 13.4. The Bertz CT molecular complexity index is 800. The first-order valence-electron chi connectivity index (χ1n) is 9.40. The van der Waals surface area contributed by atoms with Gasteiger partial charge in [0, 0.05) is 0 Å². The first kappa shape index (κ1) is 21.3. The number of carbonyl (C=O) groups is 2. The molecule has 0 heterocycles. The van der Waals surface area contributed by atoms with Crippen LogP contribution in [-0.2, 0) is 9.59 Å². The van der Waals surface area contributed by atoms with Gasteiger partial charge < -0.3 is 9.47 Å². The van der Waals surface area contributed by atoms with Crippen molar-refractivity contribution in [3.8, 4) is 11.5 Å². The van der Waals surface area contributed by atoms with Crippen molar-refractivity contribution in [2.75, 3.05) is 13.2 Å². The smallest absolute Gasteiger partial charge is 0.276 e. The van der Waals surface area contributed by atoms with Gasteiger partial charge in [-0.05, 0) is 48.9 Å². The maximum absolute atomic E-state index is 12.0. The van der Waals surface area contributed by atoms with E-state index >= 15 is 0 Å². The molecular formula is C22H28N2O4. The van der Waals surface area contributed by atoms with Crippen molar-refractivity contribution in [2.24, 2.45) is 0 Å². The summed E-state index contributed by atoms with van der Waals surface area (Å²) in [5.74, 6) is 0.794. The van der Waals surface area contributed by atoms with Gasteiger partial charge >= 0.3 is 0 Å². The molecule has 0 aliphatic carbocycles. The van der Waals surface area contributed by atoms with Gasteiger partial charge in [-0.1, -0.05) is 50.2 Å². The lowest BCUT2D eigenvalue weighted by atomic mass is 9.98. The van der Waals surface area contributed by atoms with E-state index in [0.717, 1.165) is 23.1 Å². The number of carbonyl (C=O) groups excluding carboxylic acids is 2. The average Bonchev–Trinajstić information content (AvgIpc) is 2.70. The summed E-state index contributed by atoms with van der Waals surface area (Å²) in [6, 6.07) is 13.4. The Kier molecular flexibility index (Phi) is 7.87. The van der Waals surface area contributed by atoms with E-state index in [9.17, 15) is 9.59 Å². The van der Waals surface area contributed by atoms with Gasteiger partial charge in [-0.2, -0.15) is 0 Å². The quantitative estimate of drug-likeness (QED) is 0.684. The standard InChI is InChI=1S/C22H28N2O4/c1-5-15(2)18-11-6-7-12-19(18)27-13-20(25)23-24-21(26)14-28-22-16(3)9-8-10-17(22)4/h6-12,15H,5,13-14H2,1-4H3,(H,23,25)(H,24,26). The average molecular weight is 384 g/mol. The lowest BCUT2D eigenvalue weighted by Gasteiger charge is -2.16. The van der Waals surface area contributed by atoms with Gasteiger partial charge in [0.15, 0.2) is 13.2 Å².